The smallest absolute Gasteiger partial charge is 0.354 e. The molecule has 0 saturated carbocycles. The number of halogens is 6. The Bertz CT molecular complexity index is 1410. The van der Waals surface area contributed by atoms with Crippen molar-refractivity contribution in [1.29, 1.82) is 0 Å². The molecule has 4 aromatic rings. The number of pyridine rings is 1. The van der Waals surface area contributed by atoms with Gasteiger partial charge in [0.15, 0.2) is 11.5 Å². The minimum atomic E-state index is -5.02. The lowest BCUT2D eigenvalue weighted by atomic mass is 9.98. The second kappa shape index (κ2) is 9.13. The predicted molar refractivity (Wildman–Crippen MR) is 115 cm³/mol. The van der Waals surface area contributed by atoms with Crippen molar-refractivity contribution in [3.05, 3.63) is 82.9 Å². The number of hydrogen-bond donors (Lipinski definition) is 1. The van der Waals surface area contributed by atoms with Gasteiger partial charge < -0.3 is 9.84 Å². The summed E-state index contributed by atoms with van der Waals surface area (Å²) in [6.07, 6.45) is -7.51. The van der Waals surface area contributed by atoms with Crippen LogP contribution in [0.1, 0.15) is 45.8 Å². The first kappa shape index (κ1) is 24.9. The Morgan fingerprint density at radius 3 is 2.47 bits per heavy atom. The van der Waals surface area contributed by atoms with Crippen LogP contribution in [0.25, 0.3) is 11.5 Å². The Balaban J connectivity index is 1.54. The van der Waals surface area contributed by atoms with E-state index < -0.39 is 41.0 Å². The predicted octanol–water partition coefficient (Wildman–Crippen LogP) is 6.14. The van der Waals surface area contributed by atoms with Crippen LogP contribution in [0, 0.1) is 6.92 Å². The molecule has 0 aliphatic rings. The number of benzene rings is 1. The third-order valence-electron chi connectivity index (χ3n) is 5.28. The lowest BCUT2D eigenvalue weighted by molar-refractivity contribution is -0.143. The third kappa shape index (κ3) is 5.24. The highest BCUT2D eigenvalue weighted by molar-refractivity contribution is 6.03. The Kier molecular flexibility index (Phi) is 6.33. The standard InChI is InChI=1S/C23H17F6N5O2/c1-12-4-3-5-18(31-12)20-9-19(33-36-20)21(35)32-15-10-30-34(11-15)13(2)16-7-6-14(22(24,25)26)8-17(16)23(27,28)29/h3-11,13H,1-2H3,(H,32,35)/t13-/m0/s1. The van der Waals surface area contributed by atoms with E-state index in [4.69, 9.17) is 4.52 Å². The summed E-state index contributed by atoms with van der Waals surface area (Å²) >= 11 is 0. The quantitative estimate of drug-likeness (QED) is 0.327. The number of anilines is 1. The number of aryl methyl sites for hydroxylation is 1. The summed E-state index contributed by atoms with van der Waals surface area (Å²) < 4.78 is 85.7. The third-order valence-corrected chi connectivity index (χ3v) is 5.28. The summed E-state index contributed by atoms with van der Waals surface area (Å²) in [6.45, 7) is 3.13. The summed E-state index contributed by atoms with van der Waals surface area (Å²) in [5, 5.41) is 10.2. The number of alkyl halides is 6. The molecular weight excluding hydrogens is 492 g/mol. The number of aromatic nitrogens is 4. The van der Waals surface area contributed by atoms with Crippen molar-refractivity contribution >= 4 is 11.6 Å². The normalized spacial score (nSPS) is 13.0. The summed E-state index contributed by atoms with van der Waals surface area (Å²) in [7, 11) is 0. The van der Waals surface area contributed by atoms with E-state index in [2.05, 4.69) is 20.6 Å². The van der Waals surface area contributed by atoms with E-state index >= 15 is 0 Å². The van der Waals surface area contributed by atoms with Crippen LogP contribution in [0.4, 0.5) is 32.0 Å². The van der Waals surface area contributed by atoms with Gasteiger partial charge in [0, 0.05) is 18.0 Å². The van der Waals surface area contributed by atoms with Gasteiger partial charge in [-0.05, 0) is 43.7 Å². The van der Waals surface area contributed by atoms with E-state index in [-0.39, 0.29) is 23.2 Å². The molecule has 0 radical (unpaired) electrons. The van der Waals surface area contributed by atoms with Gasteiger partial charge in [0.05, 0.1) is 29.1 Å². The van der Waals surface area contributed by atoms with Gasteiger partial charge in [-0.15, -0.1) is 0 Å². The maximum Gasteiger partial charge on any atom is 0.416 e. The zero-order valence-corrected chi connectivity index (χ0v) is 18.6. The average molecular weight is 509 g/mol. The molecule has 1 atom stereocenters. The summed E-state index contributed by atoms with van der Waals surface area (Å²) in [4.78, 5) is 16.8. The number of nitrogens with zero attached hydrogens (tertiary/aromatic N) is 4. The average Bonchev–Trinajstić information content (AvgIpc) is 3.47. The van der Waals surface area contributed by atoms with Crippen molar-refractivity contribution in [2.75, 3.05) is 5.32 Å². The Morgan fingerprint density at radius 1 is 1.06 bits per heavy atom. The van der Waals surface area contributed by atoms with Crippen LogP contribution >= 0.6 is 0 Å². The molecule has 3 aromatic heterocycles. The van der Waals surface area contributed by atoms with E-state index in [1.807, 2.05) is 0 Å². The van der Waals surface area contributed by atoms with Gasteiger partial charge in [0.25, 0.3) is 5.91 Å². The van der Waals surface area contributed by atoms with Crippen molar-refractivity contribution in [2.45, 2.75) is 32.2 Å². The molecule has 36 heavy (non-hydrogen) atoms. The monoisotopic (exact) mass is 509 g/mol. The highest BCUT2D eigenvalue weighted by Crippen LogP contribution is 2.39. The van der Waals surface area contributed by atoms with Crippen molar-refractivity contribution in [2.24, 2.45) is 0 Å². The largest absolute Gasteiger partial charge is 0.416 e. The number of amides is 1. The van der Waals surface area contributed by atoms with Gasteiger partial charge in [-0.2, -0.15) is 31.4 Å². The van der Waals surface area contributed by atoms with E-state index in [1.54, 1.807) is 25.1 Å². The molecule has 13 heteroatoms. The molecule has 0 aliphatic carbocycles. The first-order valence-corrected chi connectivity index (χ1v) is 10.4. The van der Waals surface area contributed by atoms with E-state index in [0.717, 1.165) is 16.4 Å². The molecule has 1 N–H and O–H groups in total. The lowest BCUT2D eigenvalue weighted by Crippen LogP contribution is -2.17. The number of carbonyl (C=O) groups excluding carboxylic acids is 1. The van der Waals surface area contributed by atoms with Gasteiger partial charge in [0.2, 0.25) is 0 Å². The fourth-order valence-corrected chi connectivity index (χ4v) is 3.48. The minimum Gasteiger partial charge on any atom is -0.354 e. The van der Waals surface area contributed by atoms with Crippen molar-refractivity contribution in [3.63, 3.8) is 0 Å². The van der Waals surface area contributed by atoms with Crippen LogP contribution in [-0.4, -0.2) is 25.8 Å². The van der Waals surface area contributed by atoms with Crippen LogP contribution in [0.5, 0.6) is 0 Å². The van der Waals surface area contributed by atoms with Crippen molar-refractivity contribution < 1.29 is 35.7 Å². The second-order valence-electron chi connectivity index (χ2n) is 7.88. The van der Waals surface area contributed by atoms with Crippen LogP contribution in [0.3, 0.4) is 0 Å². The highest BCUT2D eigenvalue weighted by Gasteiger charge is 2.39. The molecule has 0 spiro atoms. The number of carbonyl (C=O) groups is 1. The van der Waals surface area contributed by atoms with Crippen molar-refractivity contribution in [1.82, 2.24) is 19.9 Å². The summed E-state index contributed by atoms with van der Waals surface area (Å²) in [5.41, 5.74) is -1.98. The van der Waals surface area contributed by atoms with Crippen LogP contribution in [-0.2, 0) is 12.4 Å². The molecule has 188 valence electrons. The zero-order chi connectivity index (χ0) is 26.3. The fourth-order valence-electron chi connectivity index (χ4n) is 3.48. The van der Waals surface area contributed by atoms with Gasteiger partial charge >= 0.3 is 12.4 Å². The van der Waals surface area contributed by atoms with Gasteiger partial charge in [0.1, 0.15) is 5.69 Å². The highest BCUT2D eigenvalue weighted by atomic mass is 19.4. The Hall–Kier alpha value is -4.16. The first-order valence-electron chi connectivity index (χ1n) is 10.4. The molecule has 0 bridgehead atoms. The number of nitrogens with one attached hydrogen (secondary N) is 1. The van der Waals surface area contributed by atoms with Gasteiger partial charge in [-0.3, -0.25) is 9.48 Å². The minimum absolute atomic E-state index is 0.0727. The molecule has 0 saturated heterocycles. The zero-order valence-electron chi connectivity index (χ0n) is 18.6. The van der Waals surface area contributed by atoms with E-state index in [0.29, 0.717) is 11.8 Å². The molecular formula is C23H17F6N5O2. The molecule has 0 unspecified atom stereocenters. The topological polar surface area (TPSA) is 85.8 Å². The van der Waals surface area contributed by atoms with E-state index in [1.165, 1.54) is 25.4 Å². The molecule has 7 nitrogen and oxygen atoms in total. The molecule has 1 aromatic carbocycles. The van der Waals surface area contributed by atoms with Crippen LogP contribution in [0.2, 0.25) is 0 Å². The first-order chi connectivity index (χ1) is 16.8. The summed E-state index contributed by atoms with van der Waals surface area (Å²) in [6, 6.07) is 6.93. The molecule has 1 amide bonds. The Morgan fingerprint density at radius 2 is 1.81 bits per heavy atom. The number of rotatable bonds is 5. The van der Waals surface area contributed by atoms with Crippen LogP contribution in [0.15, 0.2) is 59.4 Å². The maximum atomic E-state index is 13.5. The van der Waals surface area contributed by atoms with E-state index in [9.17, 15) is 31.1 Å². The summed E-state index contributed by atoms with van der Waals surface area (Å²) in [5.74, 6) is -0.412. The SMILES string of the molecule is Cc1cccc(-c2cc(C(=O)Nc3cnn([C@@H](C)c4ccc(C(F)(F)F)cc4C(F)(F)F)c3)no2)n1. The van der Waals surface area contributed by atoms with Crippen molar-refractivity contribution in [3.8, 4) is 11.5 Å². The molecule has 0 aliphatic heterocycles. The number of hydrogen-bond acceptors (Lipinski definition) is 5. The Labute approximate surface area is 199 Å². The molecule has 0 fully saturated rings. The van der Waals surface area contributed by atoms with Gasteiger partial charge in [-0.1, -0.05) is 17.3 Å². The van der Waals surface area contributed by atoms with Gasteiger partial charge in [-0.25, -0.2) is 4.98 Å². The second-order valence-corrected chi connectivity index (χ2v) is 7.88. The van der Waals surface area contributed by atoms with Crippen LogP contribution < -0.4 is 5.32 Å². The fraction of sp³-hybridized carbons (Fsp3) is 0.217. The molecule has 4 rings (SSSR count). The maximum absolute atomic E-state index is 13.5. The lowest BCUT2D eigenvalue weighted by Gasteiger charge is -2.20. The molecule has 3 heterocycles.